The van der Waals surface area contributed by atoms with Gasteiger partial charge in [0.05, 0.1) is 11.6 Å². The molecule has 0 aliphatic heterocycles. The average Bonchev–Trinajstić information content (AvgIpc) is 3.09. The fourth-order valence-electron chi connectivity index (χ4n) is 1.47. The van der Waals surface area contributed by atoms with Crippen molar-refractivity contribution in [2.24, 2.45) is 0 Å². The number of aromatic nitrogens is 3. The van der Waals surface area contributed by atoms with Gasteiger partial charge in [-0.05, 0) is 12.1 Å². The molecule has 8 heteroatoms. The molecule has 0 aliphatic rings. The lowest BCUT2D eigenvalue weighted by Gasteiger charge is -1.89. The normalized spacial score (nSPS) is 10.5. The molecule has 8 nitrogen and oxygen atoms in total. The molecule has 19 heavy (non-hydrogen) atoms. The van der Waals surface area contributed by atoms with Gasteiger partial charge in [-0.2, -0.15) is 4.98 Å². The highest BCUT2D eigenvalue weighted by Gasteiger charge is 2.18. The van der Waals surface area contributed by atoms with Gasteiger partial charge in [-0.1, -0.05) is 11.2 Å². The third-order valence-corrected chi connectivity index (χ3v) is 2.33. The van der Waals surface area contributed by atoms with Crippen LogP contribution >= 0.6 is 0 Å². The Balaban J connectivity index is 1.94. The van der Waals surface area contributed by atoms with E-state index in [1.54, 1.807) is 24.4 Å². The Labute approximate surface area is 105 Å². The van der Waals surface area contributed by atoms with Gasteiger partial charge in [0.25, 0.3) is 5.89 Å². The van der Waals surface area contributed by atoms with Crippen molar-refractivity contribution in [1.82, 2.24) is 15.1 Å². The van der Waals surface area contributed by atoms with Crippen molar-refractivity contribution in [3.05, 3.63) is 46.8 Å². The highest BCUT2D eigenvalue weighted by Crippen LogP contribution is 2.26. The molecule has 0 N–H and O–H groups in total. The zero-order chi connectivity index (χ0) is 13.2. The molecule has 3 rings (SSSR count). The third-order valence-electron chi connectivity index (χ3n) is 2.33. The topological polar surface area (TPSA) is 108 Å². The molecule has 0 amide bonds. The van der Waals surface area contributed by atoms with Crippen LogP contribution in [0.2, 0.25) is 0 Å². The lowest BCUT2D eigenvalue weighted by Crippen LogP contribution is -1.84. The molecule has 0 atom stereocenters. The van der Waals surface area contributed by atoms with E-state index in [0.717, 1.165) is 0 Å². The van der Waals surface area contributed by atoms with Crippen molar-refractivity contribution in [3.8, 4) is 23.0 Å². The summed E-state index contributed by atoms with van der Waals surface area (Å²) < 4.78 is 9.77. The maximum absolute atomic E-state index is 10.5. The number of hydrogen-bond donors (Lipinski definition) is 0. The molecule has 0 bridgehead atoms. The summed E-state index contributed by atoms with van der Waals surface area (Å²) >= 11 is 0. The fourth-order valence-corrected chi connectivity index (χ4v) is 1.47. The molecule has 0 aliphatic carbocycles. The van der Waals surface area contributed by atoms with E-state index in [1.165, 1.54) is 12.3 Å². The van der Waals surface area contributed by atoms with Crippen LogP contribution < -0.4 is 0 Å². The van der Waals surface area contributed by atoms with Crippen LogP contribution in [0.25, 0.3) is 23.0 Å². The molecule has 0 aromatic carbocycles. The van der Waals surface area contributed by atoms with Crippen LogP contribution in [0.15, 0.2) is 45.7 Å². The molecule has 0 saturated heterocycles. The molecule has 0 unspecified atom stereocenters. The lowest BCUT2D eigenvalue weighted by atomic mass is 10.3. The monoisotopic (exact) mass is 258 g/mol. The second-order valence-corrected chi connectivity index (χ2v) is 3.57. The van der Waals surface area contributed by atoms with Crippen LogP contribution in [-0.2, 0) is 0 Å². The van der Waals surface area contributed by atoms with Gasteiger partial charge in [-0.3, -0.25) is 15.1 Å². The summed E-state index contributed by atoms with van der Waals surface area (Å²) in [5, 5.41) is 14.3. The van der Waals surface area contributed by atoms with E-state index in [4.69, 9.17) is 8.94 Å². The van der Waals surface area contributed by atoms with Gasteiger partial charge in [0, 0.05) is 6.20 Å². The number of hydrogen-bond acceptors (Lipinski definition) is 7. The molecular weight excluding hydrogens is 252 g/mol. The third kappa shape index (κ3) is 2.06. The number of pyridine rings is 1. The average molecular weight is 258 g/mol. The summed E-state index contributed by atoms with van der Waals surface area (Å²) in [6.07, 6.45) is 2.79. The Kier molecular flexibility index (Phi) is 2.53. The summed E-state index contributed by atoms with van der Waals surface area (Å²) in [5.74, 6) is 0.0598. The zero-order valence-electron chi connectivity index (χ0n) is 9.39. The van der Waals surface area contributed by atoms with Gasteiger partial charge in [-0.15, -0.1) is 0 Å². The summed E-state index contributed by atoms with van der Waals surface area (Å²) in [4.78, 5) is 18.0. The lowest BCUT2D eigenvalue weighted by molar-refractivity contribution is -0.402. The van der Waals surface area contributed by atoms with E-state index < -0.39 is 4.92 Å². The van der Waals surface area contributed by atoms with Crippen molar-refractivity contribution in [3.63, 3.8) is 0 Å². The summed E-state index contributed by atoms with van der Waals surface area (Å²) in [6, 6.07) is 6.51. The first kappa shape index (κ1) is 11.1. The van der Waals surface area contributed by atoms with Crippen LogP contribution in [-0.4, -0.2) is 20.0 Å². The standard InChI is InChI=1S/C11H6N4O4/c16-15(17)9-5-7(6-18-9)11-13-10(14-19-11)8-3-1-2-4-12-8/h1-6H. The van der Waals surface area contributed by atoms with Gasteiger partial charge in [0.1, 0.15) is 16.9 Å². The number of nitrogens with zero attached hydrogens (tertiary/aromatic N) is 4. The summed E-state index contributed by atoms with van der Waals surface area (Å²) in [6.45, 7) is 0. The van der Waals surface area contributed by atoms with Gasteiger partial charge < -0.3 is 8.94 Å². The fraction of sp³-hybridized carbons (Fsp3) is 0. The van der Waals surface area contributed by atoms with Gasteiger partial charge >= 0.3 is 5.88 Å². The smallest absolute Gasteiger partial charge is 0.408 e. The molecule has 94 valence electrons. The number of furan rings is 1. The van der Waals surface area contributed by atoms with E-state index in [0.29, 0.717) is 17.1 Å². The molecule has 3 aromatic rings. The summed E-state index contributed by atoms with van der Waals surface area (Å²) in [7, 11) is 0. The second kappa shape index (κ2) is 4.33. The Morgan fingerprint density at radius 1 is 1.32 bits per heavy atom. The molecule has 3 heterocycles. The van der Waals surface area contributed by atoms with Gasteiger partial charge in [0.15, 0.2) is 0 Å². The van der Waals surface area contributed by atoms with Crippen LogP contribution in [0.3, 0.4) is 0 Å². The quantitative estimate of drug-likeness (QED) is 0.523. The SMILES string of the molecule is O=[N+]([O-])c1cc(-c2nc(-c3ccccn3)no2)co1. The molecular formula is C11H6N4O4. The Morgan fingerprint density at radius 3 is 2.89 bits per heavy atom. The number of nitro groups is 1. The van der Waals surface area contributed by atoms with Gasteiger partial charge in [-0.25, -0.2) is 0 Å². The molecule has 0 radical (unpaired) electrons. The minimum absolute atomic E-state index is 0.137. The van der Waals surface area contributed by atoms with Gasteiger partial charge in [0.2, 0.25) is 5.82 Å². The maximum Gasteiger partial charge on any atom is 0.433 e. The molecule has 3 aromatic heterocycles. The van der Waals surface area contributed by atoms with Crippen LogP contribution in [0.5, 0.6) is 0 Å². The van der Waals surface area contributed by atoms with Crippen molar-refractivity contribution >= 4 is 5.88 Å². The Hall–Kier alpha value is -3.03. The van der Waals surface area contributed by atoms with Crippen LogP contribution in [0.4, 0.5) is 5.88 Å². The largest absolute Gasteiger partial charge is 0.433 e. The van der Waals surface area contributed by atoms with Crippen LogP contribution in [0, 0.1) is 10.1 Å². The number of rotatable bonds is 3. The first-order chi connectivity index (χ1) is 9.24. The van der Waals surface area contributed by atoms with Crippen molar-refractivity contribution < 1.29 is 13.9 Å². The first-order valence-electron chi connectivity index (χ1n) is 5.22. The maximum atomic E-state index is 10.5. The Morgan fingerprint density at radius 2 is 2.21 bits per heavy atom. The predicted molar refractivity (Wildman–Crippen MR) is 61.9 cm³/mol. The second-order valence-electron chi connectivity index (χ2n) is 3.57. The van der Waals surface area contributed by atoms with E-state index in [-0.39, 0.29) is 11.8 Å². The van der Waals surface area contributed by atoms with Crippen molar-refractivity contribution in [2.45, 2.75) is 0 Å². The minimum atomic E-state index is -0.639. The van der Waals surface area contributed by atoms with Crippen molar-refractivity contribution in [1.29, 1.82) is 0 Å². The first-order valence-corrected chi connectivity index (χ1v) is 5.22. The van der Waals surface area contributed by atoms with E-state index in [2.05, 4.69) is 15.1 Å². The van der Waals surface area contributed by atoms with Crippen LogP contribution in [0.1, 0.15) is 0 Å². The van der Waals surface area contributed by atoms with Crippen molar-refractivity contribution in [2.75, 3.05) is 0 Å². The molecule has 0 spiro atoms. The molecule has 0 saturated carbocycles. The van der Waals surface area contributed by atoms with E-state index in [1.807, 2.05) is 0 Å². The molecule has 0 fully saturated rings. The highest BCUT2D eigenvalue weighted by molar-refractivity contribution is 5.57. The summed E-state index contributed by atoms with van der Waals surface area (Å²) in [5.41, 5.74) is 0.900. The van der Waals surface area contributed by atoms with E-state index in [9.17, 15) is 10.1 Å². The highest BCUT2D eigenvalue weighted by atomic mass is 16.6. The zero-order valence-corrected chi connectivity index (χ0v) is 9.39. The minimum Gasteiger partial charge on any atom is -0.408 e. The predicted octanol–water partition coefficient (Wildman–Crippen LogP) is 2.30. The Bertz CT molecular complexity index is 719. The van der Waals surface area contributed by atoms with E-state index >= 15 is 0 Å².